The summed E-state index contributed by atoms with van der Waals surface area (Å²) in [5.41, 5.74) is 2.56. The number of imidazole rings is 1. The van der Waals surface area contributed by atoms with E-state index in [4.69, 9.17) is 0 Å². The fraction of sp³-hybridized carbons (Fsp3) is 0.250. The van der Waals surface area contributed by atoms with Gasteiger partial charge in [-0.1, -0.05) is 13.0 Å². The Morgan fingerprint density at radius 3 is 2.94 bits per heavy atom. The smallest absolute Gasteiger partial charge is 0.274 e. The van der Waals surface area contributed by atoms with Gasteiger partial charge in [0, 0.05) is 23.5 Å². The lowest BCUT2D eigenvalue weighted by molar-refractivity contribution is -0.385. The van der Waals surface area contributed by atoms with E-state index in [0.717, 1.165) is 16.9 Å². The van der Waals surface area contributed by atoms with Crippen LogP contribution in [-0.2, 0) is 13.0 Å². The maximum absolute atomic E-state index is 10.9. The van der Waals surface area contributed by atoms with Crippen LogP contribution in [0.4, 0.5) is 11.4 Å². The second kappa shape index (κ2) is 5.31. The van der Waals surface area contributed by atoms with Crippen molar-refractivity contribution in [3.63, 3.8) is 0 Å². The monoisotopic (exact) mass is 246 g/mol. The first-order valence-corrected chi connectivity index (χ1v) is 5.69. The largest absolute Gasteiger partial charge is 0.379 e. The Labute approximate surface area is 104 Å². The van der Waals surface area contributed by atoms with Gasteiger partial charge in [-0.3, -0.25) is 10.1 Å². The number of H-pyrrole nitrogens is 1. The average molecular weight is 246 g/mol. The van der Waals surface area contributed by atoms with Crippen LogP contribution in [0.5, 0.6) is 0 Å². The van der Waals surface area contributed by atoms with Gasteiger partial charge in [-0.2, -0.15) is 0 Å². The Balaban J connectivity index is 2.14. The molecule has 2 aromatic rings. The van der Waals surface area contributed by atoms with Gasteiger partial charge in [0.1, 0.15) is 0 Å². The maximum atomic E-state index is 10.9. The number of hydrogen-bond acceptors (Lipinski definition) is 4. The molecule has 0 fully saturated rings. The van der Waals surface area contributed by atoms with Crippen LogP contribution in [0.2, 0.25) is 0 Å². The number of aromatic amines is 1. The van der Waals surface area contributed by atoms with E-state index in [0.29, 0.717) is 13.0 Å². The highest BCUT2D eigenvalue weighted by Gasteiger charge is 2.12. The SMILES string of the molecule is CCc1ccc(NCc2cnc[nH]2)cc1[N+](=O)[O-]. The highest BCUT2D eigenvalue weighted by atomic mass is 16.6. The van der Waals surface area contributed by atoms with Gasteiger partial charge in [-0.15, -0.1) is 0 Å². The van der Waals surface area contributed by atoms with Gasteiger partial charge in [0.25, 0.3) is 5.69 Å². The van der Waals surface area contributed by atoms with Crippen LogP contribution in [-0.4, -0.2) is 14.9 Å². The summed E-state index contributed by atoms with van der Waals surface area (Å²) >= 11 is 0. The minimum atomic E-state index is -0.347. The Bertz CT molecular complexity index is 537. The Morgan fingerprint density at radius 2 is 2.33 bits per heavy atom. The molecule has 1 heterocycles. The van der Waals surface area contributed by atoms with Gasteiger partial charge in [-0.05, 0) is 12.5 Å². The molecule has 1 aromatic heterocycles. The van der Waals surface area contributed by atoms with E-state index in [2.05, 4.69) is 15.3 Å². The number of rotatable bonds is 5. The second-order valence-electron chi connectivity index (χ2n) is 3.88. The number of nitro benzene ring substituents is 1. The number of nitro groups is 1. The number of aromatic nitrogens is 2. The minimum absolute atomic E-state index is 0.159. The van der Waals surface area contributed by atoms with Gasteiger partial charge >= 0.3 is 0 Å². The zero-order valence-corrected chi connectivity index (χ0v) is 10.0. The van der Waals surface area contributed by atoms with Gasteiger partial charge < -0.3 is 10.3 Å². The highest BCUT2D eigenvalue weighted by Crippen LogP contribution is 2.23. The molecule has 0 saturated carbocycles. The van der Waals surface area contributed by atoms with Crippen molar-refractivity contribution in [3.8, 4) is 0 Å². The van der Waals surface area contributed by atoms with E-state index >= 15 is 0 Å². The Hall–Kier alpha value is -2.37. The van der Waals surface area contributed by atoms with Crippen molar-refractivity contribution in [1.82, 2.24) is 9.97 Å². The van der Waals surface area contributed by atoms with Crippen molar-refractivity contribution in [2.24, 2.45) is 0 Å². The lowest BCUT2D eigenvalue weighted by Crippen LogP contribution is -2.01. The molecule has 0 spiro atoms. The number of nitrogens with one attached hydrogen (secondary N) is 2. The summed E-state index contributed by atoms with van der Waals surface area (Å²) in [6, 6.07) is 5.20. The summed E-state index contributed by atoms with van der Waals surface area (Å²) in [5, 5.41) is 14.0. The first-order valence-electron chi connectivity index (χ1n) is 5.69. The molecule has 0 aliphatic heterocycles. The van der Waals surface area contributed by atoms with Crippen molar-refractivity contribution in [2.75, 3.05) is 5.32 Å². The number of aryl methyl sites for hydroxylation is 1. The number of anilines is 1. The summed E-state index contributed by atoms with van der Waals surface area (Å²) in [5.74, 6) is 0. The summed E-state index contributed by atoms with van der Waals surface area (Å²) in [4.78, 5) is 17.4. The molecule has 0 aliphatic rings. The zero-order valence-electron chi connectivity index (χ0n) is 10.0. The molecule has 1 aromatic carbocycles. The summed E-state index contributed by atoms with van der Waals surface area (Å²) in [6.45, 7) is 2.46. The molecule has 0 amide bonds. The third-order valence-electron chi connectivity index (χ3n) is 2.70. The normalized spacial score (nSPS) is 10.3. The van der Waals surface area contributed by atoms with Gasteiger partial charge in [0.15, 0.2) is 0 Å². The highest BCUT2D eigenvalue weighted by molar-refractivity contribution is 5.55. The molecule has 0 aliphatic carbocycles. The lowest BCUT2D eigenvalue weighted by atomic mass is 10.1. The first kappa shape index (κ1) is 12.1. The molecule has 2 N–H and O–H groups in total. The molecule has 6 nitrogen and oxygen atoms in total. The quantitative estimate of drug-likeness (QED) is 0.627. The molecule has 94 valence electrons. The van der Waals surface area contributed by atoms with Crippen molar-refractivity contribution >= 4 is 11.4 Å². The van der Waals surface area contributed by atoms with E-state index in [1.54, 1.807) is 24.7 Å². The third kappa shape index (κ3) is 2.65. The number of benzene rings is 1. The lowest BCUT2D eigenvalue weighted by Gasteiger charge is -2.06. The number of nitrogens with zero attached hydrogens (tertiary/aromatic N) is 2. The van der Waals surface area contributed by atoms with Gasteiger partial charge in [0.05, 0.1) is 23.5 Å². The summed E-state index contributed by atoms with van der Waals surface area (Å²) in [7, 11) is 0. The molecule has 0 bridgehead atoms. The Kier molecular flexibility index (Phi) is 3.57. The fourth-order valence-electron chi connectivity index (χ4n) is 1.72. The standard InChI is InChI=1S/C12H14N4O2/c1-2-9-3-4-10(5-12(9)16(17)18)14-7-11-6-13-8-15-11/h3-6,8,14H,2,7H2,1H3,(H,13,15). The number of hydrogen-bond donors (Lipinski definition) is 2. The molecule has 18 heavy (non-hydrogen) atoms. The molecular formula is C12H14N4O2. The third-order valence-corrected chi connectivity index (χ3v) is 2.70. The van der Waals surface area contributed by atoms with Crippen molar-refractivity contribution in [1.29, 1.82) is 0 Å². The predicted octanol–water partition coefficient (Wildman–Crippen LogP) is 2.49. The fourth-order valence-corrected chi connectivity index (χ4v) is 1.72. The zero-order chi connectivity index (χ0) is 13.0. The van der Waals surface area contributed by atoms with Crippen LogP contribution in [0.3, 0.4) is 0 Å². The van der Waals surface area contributed by atoms with E-state index < -0.39 is 0 Å². The molecule has 0 atom stereocenters. The molecular weight excluding hydrogens is 232 g/mol. The topological polar surface area (TPSA) is 83.8 Å². The van der Waals surface area contributed by atoms with Crippen LogP contribution < -0.4 is 5.32 Å². The van der Waals surface area contributed by atoms with E-state index in [9.17, 15) is 10.1 Å². The van der Waals surface area contributed by atoms with Crippen molar-refractivity contribution in [3.05, 3.63) is 52.1 Å². The van der Waals surface area contributed by atoms with Gasteiger partial charge in [-0.25, -0.2) is 4.98 Å². The molecule has 2 rings (SSSR count). The molecule has 0 radical (unpaired) electrons. The second-order valence-corrected chi connectivity index (χ2v) is 3.88. The summed E-state index contributed by atoms with van der Waals surface area (Å²) in [6.07, 6.45) is 3.96. The average Bonchev–Trinajstić information content (AvgIpc) is 2.89. The predicted molar refractivity (Wildman–Crippen MR) is 68.4 cm³/mol. The van der Waals surface area contributed by atoms with E-state index in [1.807, 2.05) is 13.0 Å². The van der Waals surface area contributed by atoms with Crippen LogP contribution in [0.25, 0.3) is 0 Å². The van der Waals surface area contributed by atoms with Crippen LogP contribution in [0, 0.1) is 10.1 Å². The van der Waals surface area contributed by atoms with Crippen LogP contribution in [0.1, 0.15) is 18.2 Å². The van der Waals surface area contributed by atoms with E-state index in [1.165, 1.54) is 0 Å². The molecule has 0 saturated heterocycles. The molecule has 6 heteroatoms. The van der Waals surface area contributed by atoms with Crippen LogP contribution in [0.15, 0.2) is 30.7 Å². The summed E-state index contributed by atoms with van der Waals surface area (Å²) < 4.78 is 0. The van der Waals surface area contributed by atoms with E-state index in [-0.39, 0.29) is 10.6 Å². The van der Waals surface area contributed by atoms with Crippen molar-refractivity contribution in [2.45, 2.75) is 19.9 Å². The maximum Gasteiger partial charge on any atom is 0.274 e. The van der Waals surface area contributed by atoms with Gasteiger partial charge in [0.2, 0.25) is 0 Å². The Morgan fingerprint density at radius 1 is 1.50 bits per heavy atom. The first-order chi connectivity index (χ1) is 8.70. The minimum Gasteiger partial charge on any atom is -0.379 e. The molecule has 0 unspecified atom stereocenters. The van der Waals surface area contributed by atoms with Crippen molar-refractivity contribution < 1.29 is 4.92 Å². The van der Waals surface area contributed by atoms with Crippen LogP contribution >= 0.6 is 0 Å².